The first-order valence-electron chi connectivity index (χ1n) is 6.00. The van der Waals surface area contributed by atoms with E-state index in [0.717, 1.165) is 0 Å². The summed E-state index contributed by atoms with van der Waals surface area (Å²) in [5, 5.41) is 0. The molecular weight excluding hydrogens is 264 g/mol. The molecule has 0 aromatic heterocycles. The van der Waals surface area contributed by atoms with E-state index in [2.05, 4.69) is 0 Å². The van der Waals surface area contributed by atoms with E-state index in [4.69, 9.17) is 15.2 Å². The zero-order valence-corrected chi connectivity index (χ0v) is 11.2. The van der Waals surface area contributed by atoms with Gasteiger partial charge in [-0.2, -0.15) is 0 Å². The molecule has 1 unspecified atom stereocenters. The molecule has 0 saturated carbocycles. The fourth-order valence-electron chi connectivity index (χ4n) is 1.98. The minimum Gasteiger partial charge on any atom is -0.497 e. The summed E-state index contributed by atoms with van der Waals surface area (Å²) in [4.78, 5) is 0. The van der Waals surface area contributed by atoms with Crippen LogP contribution < -0.4 is 15.2 Å². The maximum Gasteiger partial charge on any atom is 0.170 e. The van der Waals surface area contributed by atoms with Gasteiger partial charge in [0.1, 0.15) is 11.6 Å². The Hall–Kier alpha value is -2.14. The lowest BCUT2D eigenvalue weighted by Gasteiger charge is -2.16. The van der Waals surface area contributed by atoms with Gasteiger partial charge in [0.25, 0.3) is 0 Å². The van der Waals surface area contributed by atoms with Crippen molar-refractivity contribution in [2.45, 2.75) is 6.04 Å². The molecule has 0 saturated heterocycles. The van der Waals surface area contributed by atoms with Crippen LogP contribution in [0.2, 0.25) is 0 Å². The molecule has 2 aromatic rings. The molecule has 0 radical (unpaired) electrons. The Labute approximate surface area is 115 Å². The zero-order valence-electron chi connectivity index (χ0n) is 11.2. The molecule has 5 heteroatoms. The van der Waals surface area contributed by atoms with Crippen LogP contribution in [0, 0.1) is 11.6 Å². The number of hydrogen-bond donors (Lipinski definition) is 1. The second kappa shape index (κ2) is 5.88. The van der Waals surface area contributed by atoms with Gasteiger partial charge in [-0.3, -0.25) is 0 Å². The lowest BCUT2D eigenvalue weighted by Crippen LogP contribution is -2.15. The molecule has 0 aliphatic heterocycles. The molecule has 0 fully saturated rings. The van der Waals surface area contributed by atoms with Crippen molar-refractivity contribution in [1.29, 1.82) is 0 Å². The maximum atomic E-state index is 14.1. The number of benzene rings is 2. The van der Waals surface area contributed by atoms with Crippen LogP contribution >= 0.6 is 0 Å². The first-order valence-corrected chi connectivity index (χ1v) is 6.00. The van der Waals surface area contributed by atoms with E-state index in [9.17, 15) is 8.78 Å². The number of hydrogen-bond acceptors (Lipinski definition) is 3. The minimum atomic E-state index is -0.920. The standard InChI is InChI=1S/C15H15F2NO2/c1-19-9-6-7-10(12(16)8-9)15(18)11-4-3-5-13(20-2)14(11)17/h3-8,15H,18H2,1-2H3. The van der Waals surface area contributed by atoms with Crippen LogP contribution in [0.15, 0.2) is 36.4 Å². The number of ether oxygens (including phenoxy) is 2. The maximum absolute atomic E-state index is 14.1. The lowest BCUT2D eigenvalue weighted by atomic mass is 9.98. The molecule has 0 bridgehead atoms. The third-order valence-corrected chi connectivity index (χ3v) is 3.09. The Kier molecular flexibility index (Phi) is 4.20. The quantitative estimate of drug-likeness (QED) is 0.935. The highest BCUT2D eigenvalue weighted by Crippen LogP contribution is 2.30. The topological polar surface area (TPSA) is 44.5 Å². The van der Waals surface area contributed by atoms with E-state index in [1.807, 2.05) is 0 Å². The molecule has 106 valence electrons. The third-order valence-electron chi connectivity index (χ3n) is 3.09. The smallest absolute Gasteiger partial charge is 0.170 e. The Morgan fingerprint density at radius 3 is 2.35 bits per heavy atom. The van der Waals surface area contributed by atoms with E-state index in [1.165, 1.54) is 38.5 Å². The summed E-state index contributed by atoms with van der Waals surface area (Å²) in [6.45, 7) is 0. The largest absolute Gasteiger partial charge is 0.497 e. The summed E-state index contributed by atoms with van der Waals surface area (Å²) in [6.07, 6.45) is 0. The van der Waals surface area contributed by atoms with Gasteiger partial charge >= 0.3 is 0 Å². The third kappa shape index (κ3) is 2.58. The molecule has 1 atom stereocenters. The van der Waals surface area contributed by atoms with Crippen molar-refractivity contribution in [2.75, 3.05) is 14.2 Å². The highest BCUT2D eigenvalue weighted by Gasteiger charge is 2.19. The molecule has 2 aromatic carbocycles. The van der Waals surface area contributed by atoms with E-state index in [1.54, 1.807) is 12.1 Å². The van der Waals surface area contributed by atoms with Crippen LogP contribution in [-0.4, -0.2) is 14.2 Å². The van der Waals surface area contributed by atoms with Gasteiger partial charge < -0.3 is 15.2 Å². The van der Waals surface area contributed by atoms with Crippen molar-refractivity contribution in [3.05, 3.63) is 59.2 Å². The molecule has 0 amide bonds. The molecule has 2 rings (SSSR count). The molecule has 0 heterocycles. The van der Waals surface area contributed by atoms with Gasteiger partial charge in [-0.25, -0.2) is 8.78 Å². The van der Waals surface area contributed by atoms with E-state index < -0.39 is 17.7 Å². The summed E-state index contributed by atoms with van der Waals surface area (Å²) in [6, 6.07) is 7.96. The van der Waals surface area contributed by atoms with Crippen LogP contribution in [0.4, 0.5) is 8.78 Å². The normalized spacial score (nSPS) is 12.1. The van der Waals surface area contributed by atoms with E-state index in [0.29, 0.717) is 5.75 Å². The number of nitrogens with two attached hydrogens (primary N) is 1. The Morgan fingerprint density at radius 2 is 1.75 bits per heavy atom. The Bertz CT molecular complexity index is 617. The van der Waals surface area contributed by atoms with Crippen LogP contribution in [0.25, 0.3) is 0 Å². The van der Waals surface area contributed by atoms with Gasteiger partial charge in [-0.1, -0.05) is 18.2 Å². The van der Waals surface area contributed by atoms with Gasteiger partial charge in [0.2, 0.25) is 0 Å². The van der Waals surface area contributed by atoms with Crippen molar-refractivity contribution in [2.24, 2.45) is 5.73 Å². The van der Waals surface area contributed by atoms with Gasteiger partial charge in [0, 0.05) is 17.2 Å². The highest BCUT2D eigenvalue weighted by molar-refractivity contribution is 5.40. The van der Waals surface area contributed by atoms with Crippen molar-refractivity contribution >= 4 is 0 Å². The van der Waals surface area contributed by atoms with Crippen molar-refractivity contribution in [3.63, 3.8) is 0 Å². The molecular formula is C15H15F2NO2. The molecule has 3 nitrogen and oxygen atoms in total. The predicted molar refractivity (Wildman–Crippen MR) is 71.9 cm³/mol. The molecule has 2 N–H and O–H groups in total. The second-order valence-corrected chi connectivity index (χ2v) is 4.23. The summed E-state index contributed by atoms with van der Waals surface area (Å²) in [7, 11) is 2.80. The minimum absolute atomic E-state index is 0.0758. The van der Waals surface area contributed by atoms with E-state index >= 15 is 0 Å². The summed E-state index contributed by atoms with van der Waals surface area (Å²) < 4.78 is 37.9. The molecule has 0 aliphatic carbocycles. The van der Waals surface area contributed by atoms with Crippen molar-refractivity contribution in [1.82, 2.24) is 0 Å². The number of rotatable bonds is 4. The van der Waals surface area contributed by atoms with Crippen LogP contribution in [0.3, 0.4) is 0 Å². The van der Waals surface area contributed by atoms with Crippen molar-refractivity contribution in [3.8, 4) is 11.5 Å². The molecule has 0 spiro atoms. The van der Waals surface area contributed by atoms with Gasteiger partial charge in [-0.05, 0) is 12.1 Å². The van der Waals surface area contributed by atoms with Gasteiger partial charge in [-0.15, -0.1) is 0 Å². The fraction of sp³-hybridized carbons (Fsp3) is 0.200. The summed E-state index contributed by atoms with van der Waals surface area (Å²) >= 11 is 0. The van der Waals surface area contributed by atoms with Gasteiger partial charge in [0.15, 0.2) is 11.6 Å². The summed E-state index contributed by atoms with van der Waals surface area (Å²) in [5.74, 6) is -0.673. The second-order valence-electron chi connectivity index (χ2n) is 4.23. The monoisotopic (exact) mass is 279 g/mol. The first-order chi connectivity index (χ1) is 9.58. The Balaban J connectivity index is 2.43. The van der Waals surface area contributed by atoms with Crippen LogP contribution in [0.5, 0.6) is 11.5 Å². The number of halogens is 2. The van der Waals surface area contributed by atoms with Crippen molar-refractivity contribution < 1.29 is 18.3 Å². The average Bonchev–Trinajstić information content (AvgIpc) is 2.46. The van der Waals surface area contributed by atoms with Crippen LogP contribution in [-0.2, 0) is 0 Å². The first kappa shape index (κ1) is 14.3. The average molecular weight is 279 g/mol. The number of methoxy groups -OCH3 is 2. The van der Waals surface area contributed by atoms with Crippen LogP contribution in [0.1, 0.15) is 17.2 Å². The fourth-order valence-corrected chi connectivity index (χ4v) is 1.98. The molecule has 0 aliphatic rings. The lowest BCUT2D eigenvalue weighted by molar-refractivity contribution is 0.383. The zero-order chi connectivity index (χ0) is 14.7. The SMILES string of the molecule is COc1ccc(C(N)c2cccc(OC)c2F)c(F)c1. The molecule has 20 heavy (non-hydrogen) atoms. The predicted octanol–water partition coefficient (Wildman–Crippen LogP) is 3.03. The van der Waals surface area contributed by atoms with Gasteiger partial charge in [0.05, 0.1) is 20.3 Å². The highest BCUT2D eigenvalue weighted by atomic mass is 19.1. The Morgan fingerprint density at radius 1 is 1.00 bits per heavy atom. The summed E-state index contributed by atoms with van der Waals surface area (Å²) in [5.41, 5.74) is 6.32. The van der Waals surface area contributed by atoms with E-state index in [-0.39, 0.29) is 16.9 Å².